The van der Waals surface area contributed by atoms with E-state index in [0.717, 1.165) is 55.8 Å². The van der Waals surface area contributed by atoms with Gasteiger partial charge in [-0.05, 0) is 38.1 Å². The number of nitrogens with zero attached hydrogens (tertiary/aromatic N) is 4. The molecule has 0 radical (unpaired) electrons. The molecule has 0 atom stereocenters. The largest absolute Gasteiger partial charge is 0.616 e. The Labute approximate surface area is 164 Å². The lowest BCUT2D eigenvalue weighted by Gasteiger charge is -2.38. The Morgan fingerprint density at radius 3 is 2.75 bits per heavy atom. The van der Waals surface area contributed by atoms with Crippen molar-refractivity contribution in [2.75, 3.05) is 24.6 Å². The monoisotopic (exact) mass is 403 g/mol. The zero-order valence-corrected chi connectivity index (χ0v) is 16.3. The van der Waals surface area contributed by atoms with E-state index < -0.39 is 11.2 Å². The minimum absolute atomic E-state index is 0.196. The normalized spacial score (nSPS) is 24.8. The molecule has 0 amide bonds. The molecule has 1 aromatic carbocycles. The summed E-state index contributed by atoms with van der Waals surface area (Å²) in [6, 6.07) is 3.59. The Morgan fingerprint density at radius 2 is 1.96 bits per heavy atom. The van der Waals surface area contributed by atoms with E-state index in [4.69, 9.17) is 4.52 Å². The van der Waals surface area contributed by atoms with Gasteiger partial charge < -0.3 is 9.08 Å². The van der Waals surface area contributed by atoms with Crippen LogP contribution in [-0.2, 0) is 11.2 Å². The first kappa shape index (κ1) is 18.1. The van der Waals surface area contributed by atoms with Gasteiger partial charge in [0.25, 0.3) is 0 Å². The fraction of sp³-hybridized carbons (Fsp3) is 0.526. The van der Waals surface area contributed by atoms with E-state index >= 15 is 0 Å². The van der Waals surface area contributed by atoms with Crippen molar-refractivity contribution in [3.63, 3.8) is 0 Å². The number of halogens is 1. The van der Waals surface area contributed by atoms with E-state index in [1.807, 2.05) is 0 Å². The molecule has 28 heavy (non-hydrogen) atoms. The second-order valence-electron chi connectivity index (χ2n) is 7.60. The molecule has 0 bridgehead atoms. The average molecular weight is 403 g/mol. The van der Waals surface area contributed by atoms with Gasteiger partial charge in [0.05, 0.1) is 17.3 Å². The van der Waals surface area contributed by atoms with Gasteiger partial charge in [0.1, 0.15) is 17.3 Å². The minimum Gasteiger partial charge on any atom is -0.616 e. The maximum absolute atomic E-state index is 14.4. The lowest BCUT2D eigenvalue weighted by molar-refractivity contribution is 0.134. The fourth-order valence-electron chi connectivity index (χ4n) is 4.38. The summed E-state index contributed by atoms with van der Waals surface area (Å²) in [7, 11) is 0. The van der Waals surface area contributed by atoms with E-state index in [1.54, 1.807) is 12.3 Å². The van der Waals surface area contributed by atoms with Gasteiger partial charge in [-0.2, -0.15) is 10.1 Å². The van der Waals surface area contributed by atoms with E-state index in [0.29, 0.717) is 22.9 Å². The standard InChI is InChI=1S/C19H22FN5O2S/c20-15-1-2-16-14(11-21-23-16)17(15)18-22-19(27-24-18)12-3-7-25(8-4-12)13-5-9-28(26)10-6-13/h1-2,11-13H,3-10H2,(H,21,23). The van der Waals surface area contributed by atoms with Crippen molar-refractivity contribution in [2.45, 2.75) is 37.6 Å². The van der Waals surface area contributed by atoms with Crippen LogP contribution in [0.15, 0.2) is 22.9 Å². The summed E-state index contributed by atoms with van der Waals surface area (Å²) in [6.45, 7) is 1.96. The fourth-order valence-corrected chi connectivity index (χ4v) is 5.65. The van der Waals surface area contributed by atoms with Crippen LogP contribution in [0, 0.1) is 5.82 Å². The number of piperidine rings is 1. The lowest BCUT2D eigenvalue weighted by atomic mass is 9.94. The van der Waals surface area contributed by atoms with Gasteiger partial charge in [0.2, 0.25) is 11.7 Å². The van der Waals surface area contributed by atoms with Crippen LogP contribution in [-0.4, -0.2) is 60.4 Å². The van der Waals surface area contributed by atoms with Crippen molar-refractivity contribution in [1.29, 1.82) is 0 Å². The molecule has 3 aromatic rings. The molecule has 5 rings (SSSR count). The summed E-state index contributed by atoms with van der Waals surface area (Å²) in [5, 5.41) is 11.5. The summed E-state index contributed by atoms with van der Waals surface area (Å²) in [4.78, 5) is 7.03. The highest BCUT2D eigenvalue weighted by Gasteiger charge is 2.32. The van der Waals surface area contributed by atoms with Crippen LogP contribution in [0.2, 0.25) is 0 Å². The van der Waals surface area contributed by atoms with E-state index in [1.165, 1.54) is 6.07 Å². The molecule has 4 heterocycles. The number of aromatic amines is 1. The first-order chi connectivity index (χ1) is 13.7. The minimum atomic E-state index is -0.624. The van der Waals surface area contributed by atoms with Gasteiger partial charge in [-0.25, -0.2) is 4.39 Å². The molecular formula is C19H22FN5O2S. The SMILES string of the molecule is [O-][S+]1CCC(N2CCC(c3nc(-c4c(F)ccc5[nH]ncc45)no3)CC2)CC1. The Morgan fingerprint density at radius 1 is 1.18 bits per heavy atom. The molecule has 9 heteroatoms. The predicted octanol–water partition coefficient (Wildman–Crippen LogP) is 2.84. The molecule has 2 saturated heterocycles. The smallest absolute Gasteiger partial charge is 0.230 e. The van der Waals surface area contributed by atoms with Crippen LogP contribution in [0.1, 0.15) is 37.5 Å². The third-order valence-electron chi connectivity index (χ3n) is 5.99. The van der Waals surface area contributed by atoms with Gasteiger partial charge in [0, 0.05) is 30.2 Å². The second-order valence-corrected chi connectivity index (χ2v) is 9.30. The van der Waals surface area contributed by atoms with Gasteiger partial charge in [-0.3, -0.25) is 10.00 Å². The zero-order chi connectivity index (χ0) is 19.1. The first-order valence-electron chi connectivity index (χ1n) is 9.73. The lowest BCUT2D eigenvalue weighted by Crippen LogP contribution is -2.45. The number of likely N-dealkylation sites (tertiary alicyclic amines) is 1. The molecule has 0 aliphatic carbocycles. The number of aromatic nitrogens is 4. The number of benzene rings is 1. The van der Waals surface area contributed by atoms with E-state index in [2.05, 4.69) is 25.2 Å². The first-order valence-corrected chi connectivity index (χ1v) is 11.2. The number of nitrogens with one attached hydrogen (secondary N) is 1. The summed E-state index contributed by atoms with van der Waals surface area (Å²) >= 11 is -0.624. The molecule has 0 spiro atoms. The summed E-state index contributed by atoms with van der Waals surface area (Å²) < 4.78 is 31.5. The van der Waals surface area contributed by atoms with E-state index in [-0.39, 0.29) is 17.6 Å². The number of rotatable bonds is 3. The number of hydrogen-bond acceptors (Lipinski definition) is 6. The van der Waals surface area contributed by atoms with Crippen molar-refractivity contribution in [3.8, 4) is 11.4 Å². The molecule has 2 aliphatic rings. The maximum Gasteiger partial charge on any atom is 0.230 e. The predicted molar refractivity (Wildman–Crippen MR) is 104 cm³/mol. The van der Waals surface area contributed by atoms with Crippen molar-refractivity contribution in [1.82, 2.24) is 25.2 Å². The Bertz CT molecular complexity index is 960. The third-order valence-corrected chi connectivity index (χ3v) is 7.37. The summed E-state index contributed by atoms with van der Waals surface area (Å²) in [5.41, 5.74) is 1.07. The summed E-state index contributed by atoms with van der Waals surface area (Å²) in [6.07, 6.45) is 5.52. The van der Waals surface area contributed by atoms with Gasteiger partial charge in [-0.1, -0.05) is 16.3 Å². The van der Waals surface area contributed by atoms with E-state index in [9.17, 15) is 8.94 Å². The van der Waals surface area contributed by atoms with Crippen molar-refractivity contribution < 1.29 is 13.5 Å². The van der Waals surface area contributed by atoms with Gasteiger partial charge in [-0.15, -0.1) is 0 Å². The van der Waals surface area contributed by atoms with Crippen LogP contribution in [0.25, 0.3) is 22.3 Å². The molecule has 7 nitrogen and oxygen atoms in total. The summed E-state index contributed by atoms with van der Waals surface area (Å²) in [5.74, 6) is 2.31. The molecule has 1 N–H and O–H groups in total. The molecule has 0 unspecified atom stereocenters. The highest BCUT2D eigenvalue weighted by Crippen LogP contribution is 2.33. The topological polar surface area (TPSA) is 93.9 Å². The molecule has 2 fully saturated rings. The van der Waals surface area contributed by atoms with Crippen molar-refractivity contribution in [2.24, 2.45) is 0 Å². The molecular weight excluding hydrogens is 381 g/mol. The zero-order valence-electron chi connectivity index (χ0n) is 15.4. The third kappa shape index (κ3) is 3.31. The van der Waals surface area contributed by atoms with Crippen molar-refractivity contribution in [3.05, 3.63) is 30.0 Å². The molecule has 2 aromatic heterocycles. The van der Waals surface area contributed by atoms with Crippen LogP contribution < -0.4 is 0 Å². The highest BCUT2D eigenvalue weighted by molar-refractivity contribution is 7.91. The molecule has 148 valence electrons. The van der Waals surface area contributed by atoms with Gasteiger partial charge in [0.15, 0.2) is 0 Å². The Hall–Kier alpha value is -1.97. The highest BCUT2D eigenvalue weighted by atomic mass is 32.2. The van der Waals surface area contributed by atoms with Crippen LogP contribution in [0.5, 0.6) is 0 Å². The van der Waals surface area contributed by atoms with Crippen LogP contribution in [0.3, 0.4) is 0 Å². The van der Waals surface area contributed by atoms with Gasteiger partial charge >= 0.3 is 0 Å². The molecule has 0 saturated carbocycles. The number of H-pyrrole nitrogens is 1. The molecule has 2 aliphatic heterocycles. The quantitative estimate of drug-likeness (QED) is 0.676. The number of hydrogen-bond donors (Lipinski definition) is 1. The van der Waals surface area contributed by atoms with Crippen molar-refractivity contribution >= 4 is 22.1 Å². The maximum atomic E-state index is 14.4. The average Bonchev–Trinajstić information content (AvgIpc) is 3.38. The number of fused-ring (bicyclic) bond motifs is 1. The Kier molecular flexibility index (Phi) is 4.82. The van der Waals surface area contributed by atoms with Crippen LogP contribution in [0.4, 0.5) is 4.39 Å². The Balaban J connectivity index is 1.30. The second kappa shape index (κ2) is 7.46. The van der Waals surface area contributed by atoms with Crippen LogP contribution >= 0.6 is 0 Å².